The van der Waals surface area contributed by atoms with Crippen LogP contribution in [-0.2, 0) is 0 Å². The molecule has 28 heavy (non-hydrogen) atoms. The predicted molar refractivity (Wildman–Crippen MR) is 110 cm³/mol. The van der Waals surface area contributed by atoms with Crippen LogP contribution in [-0.4, -0.2) is 32.2 Å². The van der Waals surface area contributed by atoms with E-state index in [2.05, 4.69) is 41.4 Å². The molecule has 1 N–H and O–H groups in total. The van der Waals surface area contributed by atoms with Gasteiger partial charge in [-0.15, -0.1) is 0 Å². The summed E-state index contributed by atoms with van der Waals surface area (Å²) in [5.41, 5.74) is 2.94. The van der Waals surface area contributed by atoms with Crippen molar-refractivity contribution in [3.63, 3.8) is 0 Å². The number of amides is 1. The van der Waals surface area contributed by atoms with E-state index in [0.717, 1.165) is 24.6 Å². The number of hydrogen-bond donors (Lipinski definition) is 1. The van der Waals surface area contributed by atoms with Crippen LogP contribution in [0.2, 0.25) is 0 Å². The molecule has 2 aromatic rings. The molecule has 2 heterocycles. The van der Waals surface area contributed by atoms with Crippen molar-refractivity contribution in [1.82, 2.24) is 5.32 Å². The summed E-state index contributed by atoms with van der Waals surface area (Å²) in [5, 5.41) is 3.08. The van der Waals surface area contributed by atoms with Crippen LogP contribution in [0.1, 0.15) is 48.7 Å². The van der Waals surface area contributed by atoms with Gasteiger partial charge in [0.25, 0.3) is 5.91 Å². The minimum absolute atomic E-state index is 0.0730. The van der Waals surface area contributed by atoms with Crippen molar-refractivity contribution in [2.75, 3.05) is 31.2 Å². The number of fused-ring (bicyclic) bond motifs is 1. The van der Waals surface area contributed by atoms with Crippen LogP contribution in [0.3, 0.4) is 0 Å². The molecule has 0 aromatic heterocycles. The van der Waals surface area contributed by atoms with Crippen molar-refractivity contribution in [1.29, 1.82) is 0 Å². The smallest absolute Gasteiger partial charge is 0.251 e. The number of nitrogens with one attached hydrogen (secondary N) is 1. The van der Waals surface area contributed by atoms with Gasteiger partial charge in [-0.3, -0.25) is 4.79 Å². The zero-order valence-corrected chi connectivity index (χ0v) is 16.6. The fraction of sp³-hybridized carbons (Fsp3) is 0.435. The highest BCUT2D eigenvalue weighted by atomic mass is 16.6. The molecule has 0 unspecified atom stereocenters. The first-order valence-electron chi connectivity index (χ1n) is 10.2. The first kappa shape index (κ1) is 18.7. The number of carbonyl (C=O) groups is 1. The molecule has 4 rings (SSSR count). The second-order valence-electron chi connectivity index (χ2n) is 7.81. The van der Waals surface area contributed by atoms with Gasteiger partial charge < -0.3 is 19.7 Å². The second kappa shape index (κ2) is 8.13. The molecule has 0 saturated carbocycles. The quantitative estimate of drug-likeness (QED) is 0.864. The molecular weight excluding hydrogens is 352 g/mol. The molecule has 2 aliphatic heterocycles. The van der Waals surface area contributed by atoms with Crippen LogP contribution in [0.5, 0.6) is 11.5 Å². The Morgan fingerprint density at radius 2 is 1.71 bits per heavy atom. The van der Waals surface area contributed by atoms with Crippen molar-refractivity contribution in [2.24, 2.45) is 5.92 Å². The van der Waals surface area contributed by atoms with E-state index in [1.54, 1.807) is 18.2 Å². The van der Waals surface area contributed by atoms with E-state index in [0.29, 0.717) is 30.3 Å². The predicted octanol–water partition coefficient (Wildman–Crippen LogP) is 4.19. The third-order valence-corrected chi connectivity index (χ3v) is 5.69. The van der Waals surface area contributed by atoms with Gasteiger partial charge in [0, 0.05) is 24.3 Å². The minimum Gasteiger partial charge on any atom is -0.486 e. The van der Waals surface area contributed by atoms with E-state index in [4.69, 9.17) is 9.47 Å². The Kier molecular flexibility index (Phi) is 5.42. The number of nitrogens with zero attached hydrogens (tertiary/aromatic N) is 1. The van der Waals surface area contributed by atoms with Gasteiger partial charge in [-0.25, -0.2) is 0 Å². The minimum atomic E-state index is -0.112. The second-order valence-corrected chi connectivity index (χ2v) is 7.81. The number of rotatable bonds is 4. The highest BCUT2D eigenvalue weighted by Crippen LogP contribution is 2.31. The van der Waals surface area contributed by atoms with Gasteiger partial charge in [0.05, 0.1) is 6.04 Å². The monoisotopic (exact) mass is 380 g/mol. The number of anilines is 1. The summed E-state index contributed by atoms with van der Waals surface area (Å²) in [6.45, 7) is 7.63. The number of ether oxygens (including phenoxy) is 2. The Balaban J connectivity index is 1.39. The molecule has 0 spiro atoms. The van der Waals surface area contributed by atoms with Crippen LogP contribution in [0.15, 0.2) is 42.5 Å². The SMILES string of the molecule is CC1CCN(c2ccc([C@H](C)NC(=O)c3ccc4c(c3)OCCO4)cc2)CC1. The molecule has 1 saturated heterocycles. The average molecular weight is 380 g/mol. The van der Waals surface area contributed by atoms with Crippen LogP contribution >= 0.6 is 0 Å². The van der Waals surface area contributed by atoms with Crippen molar-refractivity contribution in [3.8, 4) is 11.5 Å². The van der Waals surface area contributed by atoms with Crippen LogP contribution in [0, 0.1) is 5.92 Å². The topological polar surface area (TPSA) is 50.8 Å². The molecule has 1 amide bonds. The molecule has 2 aromatic carbocycles. The van der Waals surface area contributed by atoms with Gasteiger partial charge in [-0.2, -0.15) is 0 Å². The summed E-state index contributed by atoms with van der Waals surface area (Å²) >= 11 is 0. The van der Waals surface area contributed by atoms with Crippen LogP contribution in [0.25, 0.3) is 0 Å². The molecule has 5 nitrogen and oxygen atoms in total. The Bertz CT molecular complexity index is 826. The lowest BCUT2D eigenvalue weighted by Crippen LogP contribution is -2.32. The van der Waals surface area contributed by atoms with Gasteiger partial charge in [-0.05, 0) is 61.6 Å². The van der Waals surface area contributed by atoms with E-state index in [1.165, 1.54) is 18.5 Å². The number of hydrogen-bond acceptors (Lipinski definition) is 4. The summed E-state index contributed by atoms with van der Waals surface area (Å²) in [4.78, 5) is 15.1. The van der Waals surface area contributed by atoms with Crippen LogP contribution < -0.4 is 19.7 Å². The highest BCUT2D eigenvalue weighted by Gasteiger charge is 2.18. The van der Waals surface area contributed by atoms with Gasteiger partial charge >= 0.3 is 0 Å². The molecule has 1 fully saturated rings. The largest absolute Gasteiger partial charge is 0.486 e. The zero-order chi connectivity index (χ0) is 19.5. The Morgan fingerprint density at radius 3 is 2.43 bits per heavy atom. The molecular formula is C23H28N2O3. The third kappa shape index (κ3) is 4.08. The summed E-state index contributed by atoms with van der Waals surface area (Å²) in [7, 11) is 0. The highest BCUT2D eigenvalue weighted by molar-refractivity contribution is 5.95. The fourth-order valence-electron chi connectivity index (χ4n) is 3.79. The summed E-state index contributed by atoms with van der Waals surface area (Å²) in [6, 6.07) is 13.8. The zero-order valence-electron chi connectivity index (χ0n) is 16.6. The summed E-state index contributed by atoms with van der Waals surface area (Å²) in [5.74, 6) is 2.04. The first-order valence-corrected chi connectivity index (χ1v) is 10.2. The number of piperidine rings is 1. The maximum Gasteiger partial charge on any atom is 0.251 e. The van der Waals surface area contributed by atoms with E-state index in [9.17, 15) is 4.79 Å². The van der Waals surface area contributed by atoms with E-state index in [-0.39, 0.29) is 11.9 Å². The molecule has 148 valence electrons. The fourth-order valence-corrected chi connectivity index (χ4v) is 3.79. The van der Waals surface area contributed by atoms with Crippen molar-refractivity contribution in [2.45, 2.75) is 32.7 Å². The maximum atomic E-state index is 12.6. The van der Waals surface area contributed by atoms with Gasteiger partial charge in [-0.1, -0.05) is 19.1 Å². The van der Waals surface area contributed by atoms with Gasteiger partial charge in [0.15, 0.2) is 11.5 Å². The first-order chi connectivity index (χ1) is 13.6. The lowest BCUT2D eigenvalue weighted by Gasteiger charge is -2.32. The van der Waals surface area contributed by atoms with E-state index < -0.39 is 0 Å². The average Bonchev–Trinajstić information content (AvgIpc) is 2.74. The summed E-state index contributed by atoms with van der Waals surface area (Å²) < 4.78 is 11.1. The third-order valence-electron chi connectivity index (χ3n) is 5.69. The van der Waals surface area contributed by atoms with Crippen molar-refractivity contribution < 1.29 is 14.3 Å². The summed E-state index contributed by atoms with van der Waals surface area (Å²) in [6.07, 6.45) is 2.51. The Morgan fingerprint density at radius 1 is 1.04 bits per heavy atom. The Labute approximate surface area is 166 Å². The van der Waals surface area contributed by atoms with Crippen LogP contribution in [0.4, 0.5) is 5.69 Å². The van der Waals surface area contributed by atoms with Gasteiger partial charge in [0.1, 0.15) is 13.2 Å². The van der Waals surface area contributed by atoms with E-state index in [1.807, 2.05) is 6.92 Å². The molecule has 5 heteroatoms. The van der Waals surface area contributed by atoms with Crippen molar-refractivity contribution in [3.05, 3.63) is 53.6 Å². The standard InChI is InChI=1S/C23H28N2O3/c1-16-9-11-25(12-10-16)20-6-3-18(4-7-20)17(2)24-23(26)19-5-8-21-22(15-19)28-14-13-27-21/h3-8,15-17H,9-14H2,1-2H3,(H,24,26)/t17-/m0/s1. The number of benzene rings is 2. The molecule has 0 aliphatic carbocycles. The molecule has 0 bridgehead atoms. The van der Waals surface area contributed by atoms with Crippen molar-refractivity contribution >= 4 is 11.6 Å². The van der Waals surface area contributed by atoms with Gasteiger partial charge in [0.2, 0.25) is 0 Å². The lowest BCUT2D eigenvalue weighted by molar-refractivity contribution is 0.0938. The molecule has 2 aliphatic rings. The Hall–Kier alpha value is -2.69. The lowest BCUT2D eigenvalue weighted by atomic mass is 9.98. The normalized spacial score (nSPS) is 17.9. The number of carbonyl (C=O) groups excluding carboxylic acids is 1. The van der Waals surface area contributed by atoms with E-state index >= 15 is 0 Å². The maximum absolute atomic E-state index is 12.6. The molecule has 0 radical (unpaired) electrons. The molecule has 1 atom stereocenters.